The fourth-order valence-corrected chi connectivity index (χ4v) is 3.40. The van der Waals surface area contributed by atoms with Gasteiger partial charge in [0.2, 0.25) is 0 Å². The smallest absolute Gasteiger partial charge is 0.137 e. The van der Waals surface area contributed by atoms with Gasteiger partial charge in [-0.25, -0.2) is 4.98 Å². The molecule has 1 fully saturated rings. The maximum absolute atomic E-state index is 6.09. The number of rotatable bonds is 6. The molecule has 0 saturated carbocycles. The number of nitrogens with one attached hydrogen (secondary N) is 1. The summed E-state index contributed by atoms with van der Waals surface area (Å²) in [5.74, 6) is 0. The van der Waals surface area contributed by atoms with E-state index in [1.807, 2.05) is 30.5 Å². The molecule has 25 heavy (non-hydrogen) atoms. The minimum atomic E-state index is 0.200. The van der Waals surface area contributed by atoms with Crippen molar-refractivity contribution in [2.75, 3.05) is 32.9 Å². The molecule has 1 aliphatic heterocycles. The quantitative estimate of drug-likeness (QED) is 0.751. The van der Waals surface area contributed by atoms with E-state index in [2.05, 4.69) is 39.3 Å². The predicted molar refractivity (Wildman–Crippen MR) is 97.3 cm³/mol. The van der Waals surface area contributed by atoms with Crippen LogP contribution in [0.25, 0.3) is 11.0 Å². The van der Waals surface area contributed by atoms with Gasteiger partial charge in [0.1, 0.15) is 5.65 Å². The van der Waals surface area contributed by atoms with Gasteiger partial charge < -0.3 is 14.5 Å². The van der Waals surface area contributed by atoms with Crippen LogP contribution in [0, 0.1) is 0 Å². The number of hydrogen-bond donors (Lipinski definition) is 1. The van der Waals surface area contributed by atoms with Crippen molar-refractivity contribution < 1.29 is 9.47 Å². The Kier molecular flexibility index (Phi) is 5.06. The van der Waals surface area contributed by atoms with Crippen LogP contribution in [-0.2, 0) is 16.1 Å². The van der Waals surface area contributed by atoms with Crippen molar-refractivity contribution in [1.29, 1.82) is 0 Å². The van der Waals surface area contributed by atoms with Crippen LogP contribution in [0.5, 0.6) is 0 Å². The molecule has 0 aliphatic carbocycles. The Hall–Kier alpha value is -2.21. The molecule has 0 bridgehead atoms. The van der Waals surface area contributed by atoms with Crippen LogP contribution < -0.4 is 0 Å². The molecule has 3 aromatic rings. The fraction of sp³-hybridized carbons (Fsp3) is 0.350. The van der Waals surface area contributed by atoms with Crippen molar-refractivity contribution in [2.45, 2.75) is 12.6 Å². The zero-order valence-corrected chi connectivity index (χ0v) is 14.2. The zero-order chi connectivity index (χ0) is 16.9. The summed E-state index contributed by atoms with van der Waals surface area (Å²) in [5, 5.41) is 1.17. The minimum absolute atomic E-state index is 0.200. The molecule has 5 heteroatoms. The zero-order valence-electron chi connectivity index (χ0n) is 14.2. The van der Waals surface area contributed by atoms with E-state index in [4.69, 9.17) is 9.47 Å². The van der Waals surface area contributed by atoms with Crippen LogP contribution in [0.2, 0.25) is 0 Å². The van der Waals surface area contributed by atoms with Crippen molar-refractivity contribution in [3.05, 3.63) is 66.0 Å². The monoisotopic (exact) mass is 337 g/mol. The van der Waals surface area contributed by atoms with E-state index in [0.29, 0.717) is 13.2 Å². The molecule has 0 amide bonds. The number of fused-ring (bicyclic) bond motifs is 1. The molecule has 2 aromatic heterocycles. The highest BCUT2D eigenvalue weighted by molar-refractivity contribution is 5.80. The van der Waals surface area contributed by atoms with Gasteiger partial charge in [0.25, 0.3) is 0 Å². The number of aromatic amines is 1. The van der Waals surface area contributed by atoms with Crippen molar-refractivity contribution in [3.8, 4) is 0 Å². The Labute approximate surface area is 147 Å². The van der Waals surface area contributed by atoms with E-state index in [1.54, 1.807) is 0 Å². The van der Waals surface area contributed by atoms with Gasteiger partial charge in [-0.15, -0.1) is 0 Å². The fourth-order valence-electron chi connectivity index (χ4n) is 3.40. The van der Waals surface area contributed by atoms with Gasteiger partial charge in [0, 0.05) is 30.9 Å². The lowest BCUT2D eigenvalue weighted by molar-refractivity contribution is -0.0141. The Morgan fingerprint density at radius 3 is 2.80 bits per heavy atom. The Morgan fingerprint density at radius 1 is 1.12 bits per heavy atom. The van der Waals surface area contributed by atoms with Gasteiger partial charge in [-0.05, 0) is 23.3 Å². The van der Waals surface area contributed by atoms with E-state index >= 15 is 0 Å². The molecule has 130 valence electrons. The number of aromatic nitrogens is 2. The molecule has 3 heterocycles. The number of ether oxygens (including phenoxy) is 2. The van der Waals surface area contributed by atoms with Crippen LogP contribution >= 0.6 is 0 Å². The summed E-state index contributed by atoms with van der Waals surface area (Å²) in [6.45, 7) is 4.67. The number of benzene rings is 1. The molecule has 1 aromatic carbocycles. The lowest BCUT2D eigenvalue weighted by Crippen LogP contribution is -2.40. The SMILES string of the molecule is c1ccc(COCC(c2c[nH]c3ncccc23)N2CCOCC2)cc1. The third kappa shape index (κ3) is 3.74. The molecule has 0 spiro atoms. The molecule has 0 radical (unpaired) electrons. The summed E-state index contributed by atoms with van der Waals surface area (Å²) >= 11 is 0. The Bertz CT molecular complexity index is 797. The van der Waals surface area contributed by atoms with Crippen molar-refractivity contribution in [3.63, 3.8) is 0 Å². The topological polar surface area (TPSA) is 50.4 Å². The number of morpholine rings is 1. The van der Waals surface area contributed by atoms with Gasteiger partial charge in [-0.2, -0.15) is 0 Å². The van der Waals surface area contributed by atoms with Crippen LogP contribution in [0.15, 0.2) is 54.9 Å². The van der Waals surface area contributed by atoms with Gasteiger partial charge in [0.15, 0.2) is 0 Å². The van der Waals surface area contributed by atoms with Crippen molar-refractivity contribution in [1.82, 2.24) is 14.9 Å². The van der Waals surface area contributed by atoms with Gasteiger partial charge in [-0.1, -0.05) is 30.3 Å². The van der Waals surface area contributed by atoms with Crippen LogP contribution in [0.1, 0.15) is 17.2 Å². The van der Waals surface area contributed by atoms with Crippen LogP contribution in [0.3, 0.4) is 0 Å². The molecular formula is C20H23N3O2. The van der Waals surface area contributed by atoms with Crippen LogP contribution in [0.4, 0.5) is 0 Å². The average molecular weight is 337 g/mol. The average Bonchev–Trinajstić information content (AvgIpc) is 3.11. The molecule has 1 saturated heterocycles. The van der Waals surface area contributed by atoms with Crippen molar-refractivity contribution >= 4 is 11.0 Å². The lowest BCUT2D eigenvalue weighted by Gasteiger charge is -2.34. The first-order valence-corrected chi connectivity index (χ1v) is 8.77. The van der Waals surface area contributed by atoms with E-state index < -0.39 is 0 Å². The number of hydrogen-bond acceptors (Lipinski definition) is 4. The number of pyridine rings is 1. The Balaban J connectivity index is 1.53. The maximum Gasteiger partial charge on any atom is 0.137 e. The largest absolute Gasteiger partial charge is 0.379 e. The van der Waals surface area contributed by atoms with Gasteiger partial charge in [-0.3, -0.25) is 4.90 Å². The second kappa shape index (κ2) is 7.78. The van der Waals surface area contributed by atoms with Crippen LogP contribution in [-0.4, -0.2) is 47.8 Å². The first kappa shape index (κ1) is 16.3. The second-order valence-corrected chi connectivity index (χ2v) is 6.31. The van der Waals surface area contributed by atoms with E-state index in [-0.39, 0.29) is 6.04 Å². The normalized spacial score (nSPS) is 17.0. The summed E-state index contributed by atoms with van der Waals surface area (Å²) in [6.07, 6.45) is 3.89. The summed E-state index contributed by atoms with van der Waals surface area (Å²) in [7, 11) is 0. The highest BCUT2D eigenvalue weighted by Crippen LogP contribution is 2.28. The summed E-state index contributed by atoms with van der Waals surface area (Å²) in [5.41, 5.74) is 3.38. The third-order valence-corrected chi connectivity index (χ3v) is 4.72. The van der Waals surface area contributed by atoms with E-state index in [0.717, 1.165) is 32.0 Å². The summed E-state index contributed by atoms with van der Waals surface area (Å²) in [4.78, 5) is 10.2. The summed E-state index contributed by atoms with van der Waals surface area (Å²) in [6, 6.07) is 14.6. The molecule has 1 aliphatic rings. The first-order chi connectivity index (χ1) is 12.4. The first-order valence-electron chi connectivity index (χ1n) is 8.77. The third-order valence-electron chi connectivity index (χ3n) is 4.72. The Morgan fingerprint density at radius 2 is 1.96 bits per heavy atom. The van der Waals surface area contributed by atoms with E-state index in [9.17, 15) is 0 Å². The molecule has 4 rings (SSSR count). The minimum Gasteiger partial charge on any atom is -0.379 e. The number of nitrogens with zero attached hydrogens (tertiary/aromatic N) is 2. The molecule has 5 nitrogen and oxygen atoms in total. The van der Waals surface area contributed by atoms with Gasteiger partial charge >= 0.3 is 0 Å². The highest BCUT2D eigenvalue weighted by Gasteiger charge is 2.25. The highest BCUT2D eigenvalue weighted by atomic mass is 16.5. The molecule has 1 N–H and O–H groups in total. The van der Waals surface area contributed by atoms with Gasteiger partial charge in [0.05, 0.1) is 32.5 Å². The maximum atomic E-state index is 6.09. The molecular weight excluding hydrogens is 314 g/mol. The summed E-state index contributed by atoms with van der Waals surface area (Å²) < 4.78 is 11.6. The second-order valence-electron chi connectivity index (χ2n) is 6.31. The predicted octanol–water partition coefficient (Wildman–Crippen LogP) is 3.15. The molecule has 1 unspecified atom stereocenters. The van der Waals surface area contributed by atoms with Crippen molar-refractivity contribution in [2.24, 2.45) is 0 Å². The lowest BCUT2D eigenvalue weighted by atomic mass is 10.1. The van der Waals surface area contributed by atoms with E-state index in [1.165, 1.54) is 16.5 Å². The standard InChI is InChI=1S/C20H23N3O2/c1-2-5-16(6-3-1)14-25-15-19(23-9-11-24-12-10-23)18-13-22-20-17(18)7-4-8-21-20/h1-8,13,19H,9-12,14-15H2,(H,21,22). The molecule has 1 atom stereocenters. The number of H-pyrrole nitrogens is 1.